The lowest BCUT2D eigenvalue weighted by Gasteiger charge is -2.25. The minimum absolute atomic E-state index is 0.0394. The van der Waals surface area contributed by atoms with E-state index >= 15 is 0 Å². The van der Waals surface area contributed by atoms with E-state index in [1.54, 1.807) is 4.90 Å². The third kappa shape index (κ3) is 3.01. The summed E-state index contributed by atoms with van der Waals surface area (Å²) in [6.45, 7) is 0.590. The molecule has 1 atom stereocenters. The van der Waals surface area contributed by atoms with Gasteiger partial charge in [-0.1, -0.05) is 30.3 Å². The second kappa shape index (κ2) is 6.26. The van der Waals surface area contributed by atoms with Gasteiger partial charge in [-0.05, 0) is 43.0 Å². The Morgan fingerprint density at radius 1 is 1.14 bits per heavy atom. The molecule has 0 aromatic heterocycles. The second-order valence-electron chi connectivity index (χ2n) is 5.61. The fourth-order valence-corrected chi connectivity index (χ4v) is 3.02. The Hall–Kier alpha value is -2.23. The third-order valence-corrected chi connectivity index (χ3v) is 4.11. The van der Waals surface area contributed by atoms with E-state index in [1.165, 1.54) is 0 Å². The molecule has 2 aromatic rings. The highest BCUT2D eigenvalue weighted by Gasteiger charge is 2.30. The monoisotopic (exact) mass is 301 g/mol. The normalized spacial score (nSPS) is 17.7. The van der Waals surface area contributed by atoms with Crippen molar-refractivity contribution in [3.8, 4) is 0 Å². The van der Waals surface area contributed by atoms with Crippen LogP contribution in [0.4, 0.5) is 8.78 Å². The average Bonchev–Trinajstić information content (AvgIpc) is 2.98. The molecule has 22 heavy (non-hydrogen) atoms. The summed E-state index contributed by atoms with van der Waals surface area (Å²) in [7, 11) is 0. The van der Waals surface area contributed by atoms with Crippen LogP contribution in [0.1, 0.15) is 28.8 Å². The minimum Gasteiger partial charge on any atom is -0.335 e. The largest absolute Gasteiger partial charge is 0.335 e. The van der Waals surface area contributed by atoms with Crippen molar-refractivity contribution in [1.29, 1.82) is 0 Å². The van der Waals surface area contributed by atoms with Crippen LogP contribution < -0.4 is 0 Å². The number of benzene rings is 2. The number of nitrogens with zero attached hydrogens (tertiary/aromatic N) is 1. The number of amides is 1. The Morgan fingerprint density at radius 3 is 2.68 bits per heavy atom. The Bertz CT molecular complexity index is 672. The molecule has 1 fully saturated rings. The van der Waals surface area contributed by atoms with Gasteiger partial charge in [-0.25, -0.2) is 8.78 Å². The van der Waals surface area contributed by atoms with Crippen LogP contribution in [0, 0.1) is 11.6 Å². The van der Waals surface area contributed by atoms with Gasteiger partial charge in [-0.3, -0.25) is 4.79 Å². The number of carbonyl (C=O) groups is 1. The van der Waals surface area contributed by atoms with Gasteiger partial charge in [0.25, 0.3) is 5.91 Å². The molecular formula is C18H17F2NO. The Kier molecular flexibility index (Phi) is 4.18. The van der Waals surface area contributed by atoms with Gasteiger partial charge in [-0.15, -0.1) is 0 Å². The molecule has 1 amide bonds. The van der Waals surface area contributed by atoms with Crippen LogP contribution in [-0.4, -0.2) is 23.4 Å². The smallest absolute Gasteiger partial charge is 0.257 e. The highest BCUT2D eigenvalue weighted by molar-refractivity contribution is 5.94. The summed E-state index contributed by atoms with van der Waals surface area (Å²) in [6, 6.07) is 13.0. The van der Waals surface area contributed by atoms with Crippen molar-refractivity contribution >= 4 is 5.91 Å². The number of rotatable bonds is 3. The van der Waals surface area contributed by atoms with Crippen LogP contribution in [0.3, 0.4) is 0 Å². The molecule has 0 saturated carbocycles. The van der Waals surface area contributed by atoms with Crippen molar-refractivity contribution in [3.05, 3.63) is 71.3 Å². The predicted octanol–water partition coefficient (Wildman–Crippen LogP) is 3.81. The maximum atomic E-state index is 13.8. The first-order valence-corrected chi connectivity index (χ1v) is 7.45. The molecule has 1 aliphatic heterocycles. The van der Waals surface area contributed by atoms with Crippen LogP contribution in [0.5, 0.6) is 0 Å². The van der Waals surface area contributed by atoms with E-state index < -0.39 is 17.5 Å². The van der Waals surface area contributed by atoms with Crippen molar-refractivity contribution in [2.45, 2.75) is 25.3 Å². The zero-order chi connectivity index (χ0) is 15.5. The number of halogens is 2. The van der Waals surface area contributed by atoms with Gasteiger partial charge in [0.15, 0.2) is 0 Å². The quantitative estimate of drug-likeness (QED) is 0.844. The molecule has 1 aliphatic rings. The molecule has 1 unspecified atom stereocenters. The van der Waals surface area contributed by atoms with Gasteiger partial charge in [0, 0.05) is 12.6 Å². The highest BCUT2D eigenvalue weighted by Crippen LogP contribution is 2.24. The van der Waals surface area contributed by atoms with Crippen molar-refractivity contribution in [3.63, 3.8) is 0 Å². The Balaban J connectivity index is 1.80. The first-order chi connectivity index (χ1) is 10.6. The number of hydrogen-bond acceptors (Lipinski definition) is 1. The Labute approximate surface area is 128 Å². The molecule has 0 bridgehead atoms. The molecule has 1 heterocycles. The summed E-state index contributed by atoms with van der Waals surface area (Å²) in [5.41, 5.74) is 0.965. The van der Waals surface area contributed by atoms with E-state index in [-0.39, 0.29) is 11.6 Å². The summed E-state index contributed by atoms with van der Waals surface area (Å²) < 4.78 is 27.1. The van der Waals surface area contributed by atoms with Crippen molar-refractivity contribution in [2.75, 3.05) is 6.54 Å². The van der Waals surface area contributed by atoms with Gasteiger partial charge in [-0.2, -0.15) is 0 Å². The molecule has 0 spiro atoms. The van der Waals surface area contributed by atoms with Crippen LogP contribution in [0.2, 0.25) is 0 Å². The van der Waals surface area contributed by atoms with Crippen molar-refractivity contribution in [2.24, 2.45) is 0 Å². The van der Waals surface area contributed by atoms with E-state index in [1.807, 2.05) is 30.3 Å². The molecule has 2 nitrogen and oxygen atoms in total. The fourth-order valence-electron chi connectivity index (χ4n) is 3.02. The first-order valence-electron chi connectivity index (χ1n) is 7.45. The molecule has 0 aliphatic carbocycles. The van der Waals surface area contributed by atoms with Crippen molar-refractivity contribution in [1.82, 2.24) is 4.90 Å². The van der Waals surface area contributed by atoms with E-state index in [0.29, 0.717) is 6.54 Å². The van der Waals surface area contributed by atoms with Crippen LogP contribution in [-0.2, 0) is 6.42 Å². The van der Waals surface area contributed by atoms with Gasteiger partial charge in [0.2, 0.25) is 0 Å². The molecule has 0 radical (unpaired) electrons. The van der Waals surface area contributed by atoms with E-state index in [4.69, 9.17) is 0 Å². The van der Waals surface area contributed by atoms with E-state index in [9.17, 15) is 13.6 Å². The number of hydrogen-bond donors (Lipinski definition) is 0. The van der Waals surface area contributed by atoms with E-state index in [0.717, 1.165) is 43.0 Å². The summed E-state index contributed by atoms with van der Waals surface area (Å²) in [5.74, 6) is -1.68. The lowest BCUT2D eigenvalue weighted by Crippen LogP contribution is -2.37. The van der Waals surface area contributed by atoms with Gasteiger partial charge in [0.1, 0.15) is 11.6 Å². The third-order valence-electron chi connectivity index (χ3n) is 4.11. The molecule has 0 N–H and O–H groups in total. The summed E-state index contributed by atoms with van der Waals surface area (Å²) in [6.07, 6.45) is 2.52. The van der Waals surface area contributed by atoms with Crippen LogP contribution in [0.15, 0.2) is 48.5 Å². The standard InChI is InChI=1S/C18H17F2NO/c19-14-8-9-17(20)16(12-14)18(22)21-10-4-7-15(21)11-13-5-2-1-3-6-13/h1-3,5-6,8-9,12,15H,4,7,10-11H2. The lowest BCUT2D eigenvalue weighted by atomic mass is 10.0. The maximum Gasteiger partial charge on any atom is 0.257 e. The molecule has 3 rings (SSSR count). The SMILES string of the molecule is O=C(c1cc(F)ccc1F)N1CCCC1Cc1ccccc1. The topological polar surface area (TPSA) is 20.3 Å². The van der Waals surface area contributed by atoms with Crippen LogP contribution >= 0.6 is 0 Å². The van der Waals surface area contributed by atoms with E-state index in [2.05, 4.69) is 0 Å². The van der Waals surface area contributed by atoms with Crippen LogP contribution in [0.25, 0.3) is 0 Å². The second-order valence-corrected chi connectivity index (χ2v) is 5.61. The molecule has 2 aromatic carbocycles. The molecule has 1 saturated heterocycles. The first kappa shape index (κ1) is 14.7. The minimum atomic E-state index is -0.670. The summed E-state index contributed by atoms with van der Waals surface area (Å²) in [5, 5.41) is 0. The molecule has 4 heteroatoms. The fraction of sp³-hybridized carbons (Fsp3) is 0.278. The number of likely N-dealkylation sites (tertiary alicyclic amines) is 1. The summed E-state index contributed by atoms with van der Waals surface area (Å²) in [4.78, 5) is 14.2. The zero-order valence-corrected chi connectivity index (χ0v) is 12.1. The lowest BCUT2D eigenvalue weighted by molar-refractivity contribution is 0.0731. The maximum absolute atomic E-state index is 13.8. The van der Waals surface area contributed by atoms with Gasteiger partial charge in [0.05, 0.1) is 5.56 Å². The predicted molar refractivity (Wildman–Crippen MR) is 80.6 cm³/mol. The van der Waals surface area contributed by atoms with Gasteiger partial charge < -0.3 is 4.90 Å². The average molecular weight is 301 g/mol. The highest BCUT2D eigenvalue weighted by atomic mass is 19.1. The molecule has 114 valence electrons. The van der Waals surface area contributed by atoms with Gasteiger partial charge >= 0.3 is 0 Å². The Morgan fingerprint density at radius 2 is 1.91 bits per heavy atom. The molecular weight excluding hydrogens is 284 g/mol. The summed E-state index contributed by atoms with van der Waals surface area (Å²) >= 11 is 0. The number of carbonyl (C=O) groups excluding carboxylic acids is 1. The zero-order valence-electron chi connectivity index (χ0n) is 12.1. The van der Waals surface area contributed by atoms with Crippen molar-refractivity contribution < 1.29 is 13.6 Å².